The largest absolute Gasteiger partial charge is 0.300 e. The third-order valence-corrected chi connectivity index (χ3v) is 5.47. The molecule has 2 aromatic heterocycles. The van der Waals surface area contributed by atoms with E-state index < -0.39 is 9.84 Å². The highest BCUT2D eigenvalue weighted by Gasteiger charge is 2.20. The van der Waals surface area contributed by atoms with Crippen molar-refractivity contribution in [2.75, 3.05) is 5.75 Å². The molecule has 0 aliphatic rings. The van der Waals surface area contributed by atoms with Crippen LogP contribution in [-0.4, -0.2) is 28.7 Å². The molecule has 7 heteroatoms. The molecular weight excluding hydrogens is 322 g/mol. The van der Waals surface area contributed by atoms with Crippen LogP contribution in [0.3, 0.4) is 0 Å². The van der Waals surface area contributed by atoms with Crippen molar-refractivity contribution in [2.24, 2.45) is 0 Å². The van der Waals surface area contributed by atoms with Crippen LogP contribution in [0, 0.1) is 6.92 Å². The predicted octanol–water partition coefficient (Wildman–Crippen LogP) is 3.18. The summed E-state index contributed by atoms with van der Waals surface area (Å²) in [6, 6.07) is 7.34. The van der Waals surface area contributed by atoms with Gasteiger partial charge in [-0.2, -0.15) is 4.98 Å². The van der Waals surface area contributed by atoms with Gasteiger partial charge in [0.25, 0.3) is 0 Å². The van der Waals surface area contributed by atoms with E-state index in [9.17, 15) is 8.42 Å². The first kappa shape index (κ1) is 15.0. The summed E-state index contributed by atoms with van der Waals surface area (Å²) >= 11 is 5.89. The van der Waals surface area contributed by atoms with Gasteiger partial charge in [-0.15, -0.1) is 0 Å². The van der Waals surface area contributed by atoms with Crippen LogP contribution in [0.4, 0.5) is 0 Å². The second-order valence-corrected chi connectivity index (χ2v) is 7.51. The van der Waals surface area contributed by atoms with Gasteiger partial charge in [-0.1, -0.05) is 25.1 Å². The van der Waals surface area contributed by atoms with Gasteiger partial charge in [0.2, 0.25) is 5.28 Å². The summed E-state index contributed by atoms with van der Waals surface area (Å²) in [5, 5.41) is 0.803. The van der Waals surface area contributed by atoms with E-state index in [-0.39, 0.29) is 11.0 Å². The molecule has 0 saturated carbocycles. The Morgan fingerprint density at radius 3 is 2.73 bits per heavy atom. The topological polar surface area (TPSA) is 64.8 Å². The van der Waals surface area contributed by atoms with Crippen LogP contribution in [0.15, 0.2) is 41.6 Å². The minimum Gasteiger partial charge on any atom is -0.300 e. The summed E-state index contributed by atoms with van der Waals surface area (Å²) in [5.41, 5.74) is 1.58. The summed E-state index contributed by atoms with van der Waals surface area (Å²) in [6.07, 6.45) is 3.22. The number of sulfone groups is 1. The summed E-state index contributed by atoms with van der Waals surface area (Å²) in [4.78, 5) is 8.48. The van der Waals surface area contributed by atoms with Gasteiger partial charge in [-0.3, -0.25) is 4.57 Å². The molecule has 3 aromatic rings. The van der Waals surface area contributed by atoms with E-state index in [4.69, 9.17) is 11.6 Å². The van der Waals surface area contributed by atoms with Crippen LogP contribution in [0.1, 0.15) is 12.5 Å². The molecule has 114 valence electrons. The number of hydrogen-bond acceptors (Lipinski definition) is 4. The summed E-state index contributed by atoms with van der Waals surface area (Å²) < 4.78 is 26.4. The maximum Gasteiger partial charge on any atom is 0.224 e. The van der Waals surface area contributed by atoms with E-state index in [2.05, 4.69) is 9.97 Å². The highest BCUT2D eigenvalue weighted by molar-refractivity contribution is 7.91. The van der Waals surface area contributed by atoms with Crippen molar-refractivity contribution < 1.29 is 8.42 Å². The van der Waals surface area contributed by atoms with Crippen LogP contribution in [0.25, 0.3) is 16.7 Å². The van der Waals surface area contributed by atoms with Gasteiger partial charge in [0.15, 0.2) is 9.84 Å². The van der Waals surface area contributed by atoms with Crippen molar-refractivity contribution >= 4 is 32.3 Å². The number of benzene rings is 1. The number of fused-ring (bicyclic) bond motifs is 1. The molecule has 22 heavy (non-hydrogen) atoms. The van der Waals surface area contributed by atoms with E-state index in [1.165, 1.54) is 0 Å². The fourth-order valence-corrected chi connectivity index (χ4v) is 3.60. The minimum absolute atomic E-state index is 0.0462. The average molecular weight is 336 g/mol. The SMILES string of the molecule is CCS(=O)(=O)c1cn(-c2nc(Cl)ncc2C)c2ccccc12. The lowest BCUT2D eigenvalue weighted by Gasteiger charge is -2.07. The zero-order valence-corrected chi connectivity index (χ0v) is 13.7. The highest BCUT2D eigenvalue weighted by Crippen LogP contribution is 2.29. The third-order valence-electron chi connectivity index (χ3n) is 3.53. The lowest BCUT2D eigenvalue weighted by Crippen LogP contribution is -2.03. The number of rotatable bonds is 3. The van der Waals surface area contributed by atoms with E-state index in [0.29, 0.717) is 16.1 Å². The number of halogens is 1. The Hall–Kier alpha value is -1.92. The van der Waals surface area contributed by atoms with Crippen LogP contribution in [-0.2, 0) is 9.84 Å². The van der Waals surface area contributed by atoms with Crippen molar-refractivity contribution in [1.29, 1.82) is 0 Å². The molecule has 0 aliphatic heterocycles. The Morgan fingerprint density at radius 1 is 1.27 bits per heavy atom. The minimum atomic E-state index is -3.33. The van der Waals surface area contributed by atoms with Crippen molar-refractivity contribution in [3.8, 4) is 5.82 Å². The molecule has 3 rings (SSSR count). The molecule has 1 aromatic carbocycles. The van der Waals surface area contributed by atoms with Gasteiger partial charge in [0, 0.05) is 23.3 Å². The second-order valence-electron chi connectivity index (χ2n) is 4.93. The van der Waals surface area contributed by atoms with Crippen molar-refractivity contribution in [3.05, 3.63) is 47.5 Å². The van der Waals surface area contributed by atoms with E-state index >= 15 is 0 Å². The number of para-hydroxylation sites is 1. The zero-order chi connectivity index (χ0) is 15.9. The normalized spacial score (nSPS) is 12.0. The Balaban J connectivity index is 2.39. The molecule has 0 spiro atoms. The summed E-state index contributed by atoms with van der Waals surface area (Å²) in [6.45, 7) is 3.49. The van der Waals surface area contributed by atoms with Crippen LogP contribution in [0.5, 0.6) is 0 Å². The Labute approximate surface area is 133 Å². The number of hydrogen-bond donors (Lipinski definition) is 0. The lowest BCUT2D eigenvalue weighted by atomic mass is 10.2. The van der Waals surface area contributed by atoms with Gasteiger partial charge in [0.1, 0.15) is 5.82 Å². The van der Waals surface area contributed by atoms with E-state index in [0.717, 1.165) is 11.1 Å². The molecule has 5 nitrogen and oxygen atoms in total. The number of nitrogens with zero attached hydrogens (tertiary/aromatic N) is 3. The molecule has 0 aliphatic carbocycles. The van der Waals surface area contributed by atoms with Crippen molar-refractivity contribution in [2.45, 2.75) is 18.7 Å². The average Bonchev–Trinajstić information content (AvgIpc) is 2.90. The zero-order valence-electron chi connectivity index (χ0n) is 12.1. The molecule has 0 atom stereocenters. The fourth-order valence-electron chi connectivity index (χ4n) is 2.38. The number of aryl methyl sites for hydroxylation is 1. The van der Waals surface area contributed by atoms with Crippen molar-refractivity contribution in [1.82, 2.24) is 14.5 Å². The first-order valence-corrected chi connectivity index (χ1v) is 8.79. The molecule has 0 saturated heterocycles. The number of aromatic nitrogens is 3. The van der Waals surface area contributed by atoms with Gasteiger partial charge in [0.05, 0.1) is 16.2 Å². The molecular formula is C15H14ClN3O2S. The van der Waals surface area contributed by atoms with Gasteiger partial charge in [-0.05, 0) is 24.6 Å². The van der Waals surface area contributed by atoms with Gasteiger partial charge >= 0.3 is 0 Å². The second kappa shape index (κ2) is 5.37. The van der Waals surface area contributed by atoms with Crippen LogP contribution >= 0.6 is 11.6 Å². The Kier molecular flexibility index (Phi) is 3.66. The van der Waals surface area contributed by atoms with Gasteiger partial charge in [-0.25, -0.2) is 13.4 Å². The predicted molar refractivity (Wildman–Crippen MR) is 86.3 cm³/mol. The Morgan fingerprint density at radius 2 is 2.00 bits per heavy atom. The first-order chi connectivity index (χ1) is 10.4. The smallest absolute Gasteiger partial charge is 0.224 e. The lowest BCUT2D eigenvalue weighted by molar-refractivity contribution is 0.598. The quantitative estimate of drug-likeness (QED) is 0.689. The fraction of sp³-hybridized carbons (Fsp3) is 0.200. The van der Waals surface area contributed by atoms with Gasteiger partial charge < -0.3 is 0 Å². The van der Waals surface area contributed by atoms with E-state index in [1.807, 2.05) is 25.1 Å². The third kappa shape index (κ3) is 2.38. The highest BCUT2D eigenvalue weighted by atomic mass is 35.5. The molecule has 0 fully saturated rings. The molecule has 0 unspecified atom stereocenters. The van der Waals surface area contributed by atoms with E-state index in [1.54, 1.807) is 30.0 Å². The Bertz CT molecular complexity index is 964. The monoisotopic (exact) mass is 335 g/mol. The molecule has 0 amide bonds. The van der Waals surface area contributed by atoms with Crippen molar-refractivity contribution in [3.63, 3.8) is 0 Å². The molecule has 0 N–H and O–H groups in total. The maximum atomic E-state index is 12.3. The molecule has 0 bridgehead atoms. The summed E-state index contributed by atoms with van der Waals surface area (Å²) in [7, 11) is -3.33. The first-order valence-electron chi connectivity index (χ1n) is 6.76. The molecule has 0 radical (unpaired) electrons. The van der Waals surface area contributed by atoms with Crippen LogP contribution in [0.2, 0.25) is 5.28 Å². The van der Waals surface area contributed by atoms with Crippen LogP contribution < -0.4 is 0 Å². The summed E-state index contributed by atoms with van der Waals surface area (Å²) in [5.74, 6) is 0.624. The standard InChI is InChI=1S/C15H14ClN3O2S/c1-3-22(20,21)13-9-19(12-7-5-4-6-11(12)13)14-10(2)8-17-15(16)18-14/h4-9H,3H2,1-2H3. The molecule has 2 heterocycles. The maximum absolute atomic E-state index is 12.3.